The average Bonchev–Trinajstić information content (AvgIpc) is 2.30. The molecule has 3 heteroatoms. The first-order valence-corrected chi connectivity index (χ1v) is 5.70. The lowest BCUT2D eigenvalue weighted by atomic mass is 10.1. The van der Waals surface area contributed by atoms with Crippen LogP contribution in [0.25, 0.3) is 0 Å². The Bertz CT molecular complexity index is 257. The van der Waals surface area contributed by atoms with Gasteiger partial charge in [0.05, 0.1) is 9.89 Å². The molecule has 1 aromatic rings. The maximum absolute atomic E-state index is 9.70. The number of thiophene rings is 1. The summed E-state index contributed by atoms with van der Waals surface area (Å²) in [6.45, 7) is 4.13. The van der Waals surface area contributed by atoms with E-state index in [-0.39, 0.29) is 6.10 Å². The highest BCUT2D eigenvalue weighted by Crippen LogP contribution is 2.32. The number of hydrogen-bond acceptors (Lipinski definition) is 2. The molecule has 1 nitrogen and oxygen atoms in total. The van der Waals surface area contributed by atoms with Crippen LogP contribution >= 0.6 is 27.3 Å². The fourth-order valence-corrected chi connectivity index (χ4v) is 2.98. The van der Waals surface area contributed by atoms with Crippen LogP contribution in [-0.2, 0) is 0 Å². The van der Waals surface area contributed by atoms with Gasteiger partial charge >= 0.3 is 0 Å². The van der Waals surface area contributed by atoms with Crippen LogP contribution in [0.1, 0.15) is 36.3 Å². The van der Waals surface area contributed by atoms with Gasteiger partial charge in [-0.2, -0.15) is 0 Å². The first kappa shape index (κ1) is 10.2. The predicted octanol–water partition coefficient (Wildman–Crippen LogP) is 3.65. The van der Waals surface area contributed by atoms with Crippen molar-refractivity contribution in [2.24, 2.45) is 0 Å². The Hall–Kier alpha value is 0.140. The third-order valence-corrected chi connectivity index (χ3v) is 3.42. The molecule has 0 amide bonds. The third-order valence-electron chi connectivity index (χ3n) is 1.85. The molecule has 1 rings (SSSR count). The van der Waals surface area contributed by atoms with Crippen LogP contribution in [0.5, 0.6) is 0 Å². The molecule has 1 aromatic heterocycles. The highest BCUT2D eigenvalue weighted by molar-refractivity contribution is 9.11. The quantitative estimate of drug-likeness (QED) is 0.866. The molecule has 68 valence electrons. The second-order valence-corrected chi connectivity index (χ2v) is 5.50. The molecule has 0 saturated heterocycles. The van der Waals surface area contributed by atoms with E-state index in [0.717, 1.165) is 22.2 Å². The zero-order valence-corrected chi connectivity index (χ0v) is 9.70. The summed E-state index contributed by atoms with van der Waals surface area (Å²) in [5.41, 5.74) is 1.08. The SMILES string of the molecule is CCCC(O)c1cc(Br)sc1C. The maximum atomic E-state index is 9.70. The van der Waals surface area contributed by atoms with Gasteiger partial charge in [0, 0.05) is 4.88 Å². The van der Waals surface area contributed by atoms with Crippen LogP contribution in [0.2, 0.25) is 0 Å². The van der Waals surface area contributed by atoms with Gasteiger partial charge in [0.15, 0.2) is 0 Å². The summed E-state index contributed by atoms with van der Waals surface area (Å²) in [6, 6.07) is 2.01. The lowest BCUT2D eigenvalue weighted by molar-refractivity contribution is 0.166. The zero-order chi connectivity index (χ0) is 9.14. The Morgan fingerprint density at radius 1 is 1.67 bits per heavy atom. The molecular weight excluding hydrogens is 236 g/mol. The van der Waals surface area contributed by atoms with E-state index in [0.29, 0.717) is 0 Å². The largest absolute Gasteiger partial charge is 0.388 e. The van der Waals surface area contributed by atoms with Crippen molar-refractivity contribution in [3.05, 3.63) is 20.3 Å². The van der Waals surface area contributed by atoms with Crippen molar-refractivity contribution >= 4 is 27.3 Å². The number of aryl methyl sites for hydroxylation is 1. The molecule has 0 spiro atoms. The normalized spacial score (nSPS) is 13.3. The third kappa shape index (κ3) is 2.31. The smallest absolute Gasteiger partial charge is 0.0801 e. The van der Waals surface area contributed by atoms with Crippen LogP contribution in [-0.4, -0.2) is 5.11 Å². The van der Waals surface area contributed by atoms with Crippen molar-refractivity contribution in [2.75, 3.05) is 0 Å². The molecule has 0 aliphatic carbocycles. The van der Waals surface area contributed by atoms with Gasteiger partial charge in [-0.15, -0.1) is 11.3 Å². The van der Waals surface area contributed by atoms with Gasteiger partial charge in [-0.05, 0) is 40.9 Å². The minimum atomic E-state index is -0.280. The van der Waals surface area contributed by atoms with Crippen LogP contribution < -0.4 is 0 Å². The molecule has 0 aliphatic rings. The molecule has 12 heavy (non-hydrogen) atoms. The van der Waals surface area contributed by atoms with Crippen LogP contribution in [0.15, 0.2) is 9.85 Å². The van der Waals surface area contributed by atoms with Gasteiger partial charge in [0.25, 0.3) is 0 Å². The van der Waals surface area contributed by atoms with E-state index in [9.17, 15) is 5.11 Å². The van der Waals surface area contributed by atoms with Crippen LogP contribution in [0.4, 0.5) is 0 Å². The van der Waals surface area contributed by atoms with Crippen molar-refractivity contribution in [1.29, 1.82) is 0 Å². The minimum Gasteiger partial charge on any atom is -0.388 e. The van der Waals surface area contributed by atoms with Gasteiger partial charge in [-0.25, -0.2) is 0 Å². The second kappa shape index (κ2) is 4.40. The summed E-state index contributed by atoms with van der Waals surface area (Å²) in [5, 5.41) is 9.70. The van der Waals surface area contributed by atoms with Crippen molar-refractivity contribution in [2.45, 2.75) is 32.8 Å². The molecule has 0 aliphatic heterocycles. The summed E-state index contributed by atoms with van der Waals surface area (Å²) < 4.78 is 1.10. The van der Waals surface area contributed by atoms with E-state index >= 15 is 0 Å². The van der Waals surface area contributed by atoms with Gasteiger partial charge in [-0.3, -0.25) is 0 Å². The molecule has 0 radical (unpaired) electrons. The topological polar surface area (TPSA) is 20.2 Å². The van der Waals surface area contributed by atoms with Crippen molar-refractivity contribution in [3.8, 4) is 0 Å². The predicted molar refractivity (Wildman–Crippen MR) is 56.6 cm³/mol. The van der Waals surface area contributed by atoms with E-state index in [1.54, 1.807) is 11.3 Å². The van der Waals surface area contributed by atoms with Gasteiger partial charge in [0.1, 0.15) is 0 Å². The monoisotopic (exact) mass is 248 g/mol. The first-order chi connectivity index (χ1) is 5.65. The standard InChI is InChI=1S/C9H13BrOS/c1-3-4-8(11)7-5-9(10)12-6(7)2/h5,8,11H,3-4H2,1-2H3. The first-order valence-electron chi connectivity index (χ1n) is 4.09. The minimum absolute atomic E-state index is 0.280. The van der Waals surface area contributed by atoms with Crippen molar-refractivity contribution in [1.82, 2.24) is 0 Å². The van der Waals surface area contributed by atoms with E-state index < -0.39 is 0 Å². The molecule has 1 unspecified atom stereocenters. The Morgan fingerprint density at radius 3 is 2.75 bits per heavy atom. The molecule has 1 atom stereocenters. The van der Waals surface area contributed by atoms with Crippen molar-refractivity contribution in [3.63, 3.8) is 0 Å². The summed E-state index contributed by atoms with van der Waals surface area (Å²) in [4.78, 5) is 1.21. The maximum Gasteiger partial charge on any atom is 0.0801 e. The molecule has 0 fully saturated rings. The van der Waals surface area contributed by atoms with E-state index in [1.807, 2.05) is 13.0 Å². The fourth-order valence-electron chi connectivity index (χ4n) is 1.22. The van der Waals surface area contributed by atoms with Gasteiger partial charge in [0.2, 0.25) is 0 Å². The lowest BCUT2D eigenvalue weighted by Crippen LogP contribution is -1.95. The van der Waals surface area contributed by atoms with Crippen LogP contribution in [0, 0.1) is 6.92 Å². The van der Waals surface area contributed by atoms with Crippen LogP contribution in [0.3, 0.4) is 0 Å². The number of rotatable bonds is 3. The van der Waals surface area contributed by atoms with E-state index in [1.165, 1.54) is 4.88 Å². The number of aliphatic hydroxyl groups excluding tert-OH is 1. The highest BCUT2D eigenvalue weighted by atomic mass is 79.9. The summed E-state index contributed by atoms with van der Waals surface area (Å²) >= 11 is 5.09. The Kier molecular flexibility index (Phi) is 3.75. The highest BCUT2D eigenvalue weighted by Gasteiger charge is 2.11. The van der Waals surface area contributed by atoms with E-state index in [4.69, 9.17) is 0 Å². The van der Waals surface area contributed by atoms with Gasteiger partial charge in [-0.1, -0.05) is 13.3 Å². The molecule has 0 saturated carbocycles. The lowest BCUT2D eigenvalue weighted by Gasteiger charge is -2.07. The van der Waals surface area contributed by atoms with E-state index in [2.05, 4.69) is 22.9 Å². The number of halogens is 1. The Labute approximate surface area is 85.6 Å². The molecule has 1 N–H and O–H groups in total. The van der Waals surface area contributed by atoms with Crippen molar-refractivity contribution < 1.29 is 5.11 Å². The number of hydrogen-bond donors (Lipinski definition) is 1. The summed E-state index contributed by atoms with van der Waals surface area (Å²) in [6.07, 6.45) is 1.59. The molecule has 0 bridgehead atoms. The zero-order valence-electron chi connectivity index (χ0n) is 7.30. The number of aliphatic hydroxyl groups is 1. The summed E-state index contributed by atoms with van der Waals surface area (Å²) in [5.74, 6) is 0. The molecule has 1 heterocycles. The average molecular weight is 249 g/mol. The Morgan fingerprint density at radius 2 is 2.33 bits per heavy atom. The molecular formula is C9H13BrOS. The molecule has 0 aromatic carbocycles. The Balaban J connectivity index is 2.79. The second-order valence-electron chi connectivity index (χ2n) is 2.87. The fraction of sp³-hybridized carbons (Fsp3) is 0.556. The summed E-state index contributed by atoms with van der Waals surface area (Å²) in [7, 11) is 0. The van der Waals surface area contributed by atoms with Gasteiger partial charge < -0.3 is 5.11 Å².